The smallest absolute Gasteiger partial charge is 0.257 e. The van der Waals surface area contributed by atoms with Crippen molar-refractivity contribution in [2.75, 3.05) is 12.4 Å². The van der Waals surface area contributed by atoms with Crippen LogP contribution in [0, 0.1) is 19.7 Å². The van der Waals surface area contributed by atoms with Gasteiger partial charge in [-0.15, -0.1) is 11.3 Å². The predicted octanol–water partition coefficient (Wildman–Crippen LogP) is 4.83. The van der Waals surface area contributed by atoms with Crippen molar-refractivity contribution in [1.29, 1.82) is 0 Å². The molecule has 0 radical (unpaired) electrons. The van der Waals surface area contributed by atoms with Crippen LogP contribution in [-0.4, -0.2) is 18.0 Å². The van der Waals surface area contributed by atoms with Crippen LogP contribution in [0.4, 0.5) is 9.52 Å². The van der Waals surface area contributed by atoms with E-state index in [0.29, 0.717) is 22.0 Å². The van der Waals surface area contributed by atoms with Crippen molar-refractivity contribution in [1.82, 2.24) is 4.98 Å². The van der Waals surface area contributed by atoms with E-state index >= 15 is 0 Å². The number of benzene rings is 2. The van der Waals surface area contributed by atoms with E-state index in [0.717, 1.165) is 11.1 Å². The van der Waals surface area contributed by atoms with Crippen molar-refractivity contribution in [2.24, 2.45) is 0 Å². The Kier molecular flexibility index (Phi) is 4.81. The molecule has 128 valence electrons. The summed E-state index contributed by atoms with van der Waals surface area (Å²) in [5.74, 6) is -0.473. The Morgan fingerprint density at radius 2 is 2.04 bits per heavy atom. The molecule has 1 heterocycles. The molecular weight excluding hydrogens is 339 g/mol. The van der Waals surface area contributed by atoms with Gasteiger partial charge in [-0.25, -0.2) is 9.37 Å². The van der Waals surface area contributed by atoms with Crippen LogP contribution < -0.4 is 10.1 Å². The van der Waals surface area contributed by atoms with E-state index < -0.39 is 5.82 Å². The number of rotatable bonds is 4. The highest BCUT2D eigenvalue weighted by Crippen LogP contribution is 2.28. The number of halogens is 1. The van der Waals surface area contributed by atoms with Crippen molar-refractivity contribution < 1.29 is 13.9 Å². The van der Waals surface area contributed by atoms with E-state index in [-0.39, 0.29) is 11.7 Å². The molecule has 0 atom stereocenters. The number of anilines is 1. The number of hydrogen-bond donors (Lipinski definition) is 1. The molecule has 2 aromatic carbocycles. The van der Waals surface area contributed by atoms with Gasteiger partial charge in [0.15, 0.2) is 16.7 Å². The fraction of sp³-hybridized carbons (Fsp3) is 0.158. The maximum Gasteiger partial charge on any atom is 0.257 e. The highest BCUT2D eigenvalue weighted by atomic mass is 32.1. The Bertz CT molecular complexity index is 937. The number of carbonyl (C=O) groups is 1. The normalized spacial score (nSPS) is 10.6. The summed E-state index contributed by atoms with van der Waals surface area (Å²) in [6, 6.07) is 10.2. The van der Waals surface area contributed by atoms with Gasteiger partial charge in [-0.1, -0.05) is 12.1 Å². The monoisotopic (exact) mass is 356 g/mol. The van der Waals surface area contributed by atoms with E-state index in [4.69, 9.17) is 4.74 Å². The van der Waals surface area contributed by atoms with Gasteiger partial charge in [0.2, 0.25) is 0 Å². The van der Waals surface area contributed by atoms with Crippen LogP contribution in [0.25, 0.3) is 11.3 Å². The average molecular weight is 356 g/mol. The molecule has 4 nitrogen and oxygen atoms in total. The second-order valence-electron chi connectivity index (χ2n) is 5.59. The fourth-order valence-corrected chi connectivity index (χ4v) is 3.17. The van der Waals surface area contributed by atoms with Crippen LogP contribution >= 0.6 is 11.3 Å². The highest BCUT2D eigenvalue weighted by Gasteiger charge is 2.13. The van der Waals surface area contributed by atoms with Crippen molar-refractivity contribution >= 4 is 22.4 Å². The molecule has 0 fully saturated rings. The predicted molar refractivity (Wildman–Crippen MR) is 97.9 cm³/mol. The Balaban J connectivity index is 1.81. The molecule has 0 spiro atoms. The van der Waals surface area contributed by atoms with Gasteiger partial charge < -0.3 is 4.74 Å². The number of methoxy groups -OCH3 is 1. The standard InChI is InChI=1S/C19H17FN2O2S/c1-11-5-4-6-14(12(11)2)18(23)22-19-21-16(10-25-19)13-7-8-17(24-3)15(20)9-13/h4-10H,1-3H3,(H,21,22,23). The number of nitrogens with one attached hydrogen (secondary N) is 1. The maximum atomic E-state index is 13.8. The molecule has 1 amide bonds. The van der Waals surface area contributed by atoms with E-state index in [1.165, 1.54) is 24.5 Å². The largest absolute Gasteiger partial charge is 0.494 e. The molecule has 0 aliphatic carbocycles. The Labute approximate surface area is 149 Å². The second kappa shape index (κ2) is 7.03. The lowest BCUT2D eigenvalue weighted by Crippen LogP contribution is -2.13. The minimum absolute atomic E-state index is 0.183. The Morgan fingerprint density at radius 1 is 1.24 bits per heavy atom. The van der Waals surface area contributed by atoms with Crippen molar-refractivity contribution in [2.45, 2.75) is 13.8 Å². The second-order valence-corrected chi connectivity index (χ2v) is 6.45. The lowest BCUT2D eigenvalue weighted by atomic mass is 10.0. The number of aromatic nitrogens is 1. The van der Waals surface area contributed by atoms with Crippen LogP contribution in [0.1, 0.15) is 21.5 Å². The summed E-state index contributed by atoms with van der Waals surface area (Å²) in [7, 11) is 1.42. The van der Waals surface area contributed by atoms with Crippen molar-refractivity contribution in [3.8, 4) is 17.0 Å². The third kappa shape index (κ3) is 3.53. The number of ether oxygens (including phenoxy) is 1. The van der Waals surface area contributed by atoms with E-state index in [2.05, 4.69) is 10.3 Å². The molecular formula is C19H17FN2O2S. The number of carbonyl (C=O) groups excluding carboxylic acids is 1. The first kappa shape index (κ1) is 17.1. The zero-order valence-corrected chi connectivity index (χ0v) is 14.9. The topological polar surface area (TPSA) is 51.2 Å². The number of nitrogens with zero attached hydrogens (tertiary/aromatic N) is 1. The summed E-state index contributed by atoms with van der Waals surface area (Å²) in [5.41, 5.74) is 3.84. The summed E-state index contributed by atoms with van der Waals surface area (Å²) >= 11 is 1.30. The van der Waals surface area contributed by atoms with E-state index in [9.17, 15) is 9.18 Å². The minimum atomic E-state index is -0.450. The van der Waals surface area contributed by atoms with Gasteiger partial charge in [0.25, 0.3) is 5.91 Å². The van der Waals surface area contributed by atoms with Crippen LogP contribution in [0.2, 0.25) is 0 Å². The number of aryl methyl sites for hydroxylation is 1. The third-order valence-corrected chi connectivity index (χ3v) is 4.78. The van der Waals surface area contributed by atoms with Crippen LogP contribution in [0.3, 0.4) is 0 Å². The molecule has 0 saturated heterocycles. The number of thiazole rings is 1. The first-order valence-electron chi connectivity index (χ1n) is 7.66. The molecule has 0 bridgehead atoms. The summed E-state index contributed by atoms with van der Waals surface area (Å²) in [6.45, 7) is 3.88. The molecule has 3 aromatic rings. The number of amides is 1. The van der Waals surface area contributed by atoms with Crippen LogP contribution in [-0.2, 0) is 0 Å². The van der Waals surface area contributed by atoms with Gasteiger partial charge in [0.1, 0.15) is 0 Å². The summed E-state index contributed by atoms with van der Waals surface area (Å²) in [6.07, 6.45) is 0. The lowest BCUT2D eigenvalue weighted by Gasteiger charge is -2.07. The SMILES string of the molecule is COc1ccc(-c2csc(NC(=O)c3cccc(C)c3C)n2)cc1F. The molecule has 0 aliphatic rings. The van der Waals surface area contributed by atoms with Gasteiger partial charge in [0, 0.05) is 16.5 Å². The zero-order chi connectivity index (χ0) is 18.0. The quantitative estimate of drug-likeness (QED) is 0.729. The van der Waals surface area contributed by atoms with E-state index in [1.807, 2.05) is 26.0 Å². The van der Waals surface area contributed by atoms with Crippen molar-refractivity contribution in [3.63, 3.8) is 0 Å². The molecule has 0 unspecified atom stereocenters. The minimum Gasteiger partial charge on any atom is -0.494 e. The summed E-state index contributed by atoms with van der Waals surface area (Å²) in [5, 5.41) is 5.05. The molecule has 1 aromatic heterocycles. The Morgan fingerprint density at radius 3 is 2.76 bits per heavy atom. The Hall–Kier alpha value is -2.73. The highest BCUT2D eigenvalue weighted by molar-refractivity contribution is 7.14. The summed E-state index contributed by atoms with van der Waals surface area (Å²) < 4.78 is 18.8. The summed E-state index contributed by atoms with van der Waals surface area (Å²) in [4.78, 5) is 16.8. The molecule has 0 aliphatic heterocycles. The zero-order valence-electron chi connectivity index (χ0n) is 14.1. The number of hydrogen-bond acceptors (Lipinski definition) is 4. The van der Waals surface area contributed by atoms with Gasteiger partial charge in [-0.05, 0) is 49.2 Å². The molecule has 6 heteroatoms. The molecule has 1 N–H and O–H groups in total. The first-order valence-corrected chi connectivity index (χ1v) is 8.54. The van der Waals surface area contributed by atoms with Gasteiger partial charge in [-0.2, -0.15) is 0 Å². The fourth-order valence-electron chi connectivity index (χ4n) is 2.45. The molecule has 25 heavy (non-hydrogen) atoms. The third-order valence-electron chi connectivity index (χ3n) is 4.02. The van der Waals surface area contributed by atoms with Crippen LogP contribution in [0.5, 0.6) is 5.75 Å². The molecule has 0 saturated carbocycles. The van der Waals surface area contributed by atoms with Crippen molar-refractivity contribution in [3.05, 3.63) is 64.3 Å². The molecule has 3 rings (SSSR count). The van der Waals surface area contributed by atoms with Gasteiger partial charge in [-0.3, -0.25) is 10.1 Å². The maximum absolute atomic E-state index is 13.8. The van der Waals surface area contributed by atoms with E-state index in [1.54, 1.807) is 23.6 Å². The average Bonchev–Trinajstić information content (AvgIpc) is 3.05. The van der Waals surface area contributed by atoms with Crippen LogP contribution in [0.15, 0.2) is 41.8 Å². The first-order chi connectivity index (χ1) is 12.0. The van der Waals surface area contributed by atoms with Gasteiger partial charge in [0.05, 0.1) is 12.8 Å². The van der Waals surface area contributed by atoms with Gasteiger partial charge >= 0.3 is 0 Å². The lowest BCUT2D eigenvalue weighted by molar-refractivity contribution is 0.102.